The number of rotatable bonds is 4. The molecule has 0 aliphatic rings. The number of thioether (sulfide) groups is 1. The lowest BCUT2D eigenvalue weighted by molar-refractivity contribution is -0.113. The van der Waals surface area contributed by atoms with Crippen molar-refractivity contribution in [3.05, 3.63) is 60.0 Å². The minimum absolute atomic E-state index is 0.170. The van der Waals surface area contributed by atoms with Gasteiger partial charge in [0.15, 0.2) is 0 Å². The van der Waals surface area contributed by atoms with Gasteiger partial charge >= 0.3 is 0 Å². The number of amides is 1. The summed E-state index contributed by atoms with van der Waals surface area (Å²) in [5, 5.41) is 3.46. The van der Waals surface area contributed by atoms with E-state index in [2.05, 4.69) is 15.3 Å². The first kappa shape index (κ1) is 15.4. The molecule has 4 nitrogen and oxygen atoms in total. The van der Waals surface area contributed by atoms with Gasteiger partial charge < -0.3 is 5.32 Å². The second kappa shape index (κ2) is 6.75. The first-order valence-electron chi connectivity index (χ1n) is 7.03. The van der Waals surface area contributed by atoms with Crippen molar-refractivity contribution in [3.63, 3.8) is 0 Å². The lowest BCUT2D eigenvalue weighted by atomic mass is 10.3. The predicted octanol–water partition coefficient (Wildman–Crippen LogP) is 3.81. The van der Waals surface area contributed by atoms with E-state index in [1.807, 2.05) is 31.2 Å². The Labute approximate surface area is 137 Å². The van der Waals surface area contributed by atoms with Gasteiger partial charge in [-0.1, -0.05) is 23.9 Å². The molecular weight excluding hydrogens is 313 g/mol. The molecule has 0 bridgehead atoms. The molecule has 0 spiro atoms. The average Bonchev–Trinajstić information content (AvgIpc) is 2.55. The summed E-state index contributed by atoms with van der Waals surface area (Å²) in [6.07, 6.45) is 0. The number of hydrogen-bond acceptors (Lipinski definition) is 4. The lowest BCUT2D eigenvalue weighted by Crippen LogP contribution is -2.14. The molecule has 116 valence electrons. The van der Waals surface area contributed by atoms with Gasteiger partial charge in [0, 0.05) is 5.69 Å². The molecule has 1 N–H and O–H groups in total. The molecule has 0 fully saturated rings. The van der Waals surface area contributed by atoms with Crippen LogP contribution in [0, 0.1) is 12.7 Å². The number of aryl methyl sites for hydroxylation is 1. The zero-order valence-corrected chi connectivity index (χ0v) is 13.2. The highest BCUT2D eigenvalue weighted by Gasteiger charge is 2.09. The van der Waals surface area contributed by atoms with Gasteiger partial charge in [0.1, 0.15) is 10.8 Å². The van der Waals surface area contributed by atoms with Crippen molar-refractivity contribution in [1.82, 2.24) is 9.97 Å². The third-order valence-electron chi connectivity index (χ3n) is 3.17. The van der Waals surface area contributed by atoms with Crippen molar-refractivity contribution in [2.75, 3.05) is 11.1 Å². The van der Waals surface area contributed by atoms with Crippen molar-refractivity contribution in [1.29, 1.82) is 0 Å². The minimum Gasteiger partial charge on any atom is -0.325 e. The minimum atomic E-state index is -0.334. The molecular formula is C17H14FN3OS. The molecule has 0 unspecified atom stereocenters. The maximum Gasteiger partial charge on any atom is 0.234 e. The van der Waals surface area contributed by atoms with Crippen LogP contribution in [0.3, 0.4) is 0 Å². The van der Waals surface area contributed by atoms with Gasteiger partial charge in [-0.3, -0.25) is 4.79 Å². The number of nitrogens with zero attached hydrogens (tertiary/aromatic N) is 2. The van der Waals surface area contributed by atoms with E-state index in [0.29, 0.717) is 5.69 Å². The summed E-state index contributed by atoms with van der Waals surface area (Å²) in [6.45, 7) is 1.87. The Kier molecular flexibility index (Phi) is 4.52. The molecule has 3 aromatic rings. The van der Waals surface area contributed by atoms with E-state index in [4.69, 9.17) is 0 Å². The molecule has 0 atom stereocenters. The highest BCUT2D eigenvalue weighted by Crippen LogP contribution is 2.22. The van der Waals surface area contributed by atoms with Crippen molar-refractivity contribution in [3.8, 4) is 0 Å². The van der Waals surface area contributed by atoms with Gasteiger partial charge in [0.25, 0.3) is 0 Å². The third-order valence-corrected chi connectivity index (χ3v) is 4.24. The van der Waals surface area contributed by atoms with Crippen molar-refractivity contribution in [2.45, 2.75) is 11.9 Å². The van der Waals surface area contributed by atoms with Crippen molar-refractivity contribution < 1.29 is 9.18 Å². The standard InChI is InChI=1S/C17H14FN3OS/c1-11-17(21-15-5-3-2-4-14(15)19-11)23-10-16(22)20-13-8-6-12(18)7-9-13/h2-9H,10H2,1H3,(H,20,22). The molecule has 3 rings (SSSR count). The predicted molar refractivity (Wildman–Crippen MR) is 90.0 cm³/mol. The van der Waals surface area contributed by atoms with Gasteiger partial charge in [0.05, 0.1) is 22.5 Å². The monoisotopic (exact) mass is 327 g/mol. The van der Waals surface area contributed by atoms with Crippen LogP contribution in [-0.4, -0.2) is 21.6 Å². The summed E-state index contributed by atoms with van der Waals surface area (Å²) in [7, 11) is 0. The fraction of sp³-hybridized carbons (Fsp3) is 0.118. The Morgan fingerprint density at radius 3 is 2.43 bits per heavy atom. The summed E-state index contributed by atoms with van der Waals surface area (Å²) in [6, 6.07) is 13.3. The largest absolute Gasteiger partial charge is 0.325 e. The Balaban J connectivity index is 1.66. The molecule has 0 radical (unpaired) electrons. The Morgan fingerprint density at radius 1 is 1.09 bits per heavy atom. The van der Waals surface area contributed by atoms with E-state index in [1.54, 1.807) is 0 Å². The summed E-state index contributed by atoms with van der Waals surface area (Å²) in [5.74, 6) is -0.291. The molecule has 2 aromatic carbocycles. The topological polar surface area (TPSA) is 54.9 Å². The number of nitrogens with one attached hydrogen (secondary N) is 1. The van der Waals surface area contributed by atoms with Crippen LogP contribution in [0.5, 0.6) is 0 Å². The number of halogens is 1. The zero-order chi connectivity index (χ0) is 16.2. The van der Waals surface area contributed by atoms with Crippen molar-refractivity contribution >= 4 is 34.4 Å². The molecule has 0 saturated carbocycles. The number of fused-ring (bicyclic) bond motifs is 1. The van der Waals surface area contributed by atoms with Crippen LogP contribution in [-0.2, 0) is 4.79 Å². The quantitative estimate of drug-likeness (QED) is 0.740. The van der Waals surface area contributed by atoms with Crippen molar-refractivity contribution in [2.24, 2.45) is 0 Å². The number of aromatic nitrogens is 2. The molecule has 1 amide bonds. The number of carbonyl (C=O) groups is 1. The van der Waals surface area contributed by atoms with Crippen LogP contribution in [0.25, 0.3) is 11.0 Å². The van der Waals surface area contributed by atoms with Crippen LogP contribution < -0.4 is 5.32 Å². The third kappa shape index (κ3) is 3.84. The summed E-state index contributed by atoms with van der Waals surface area (Å²) in [4.78, 5) is 21.0. The Hall–Kier alpha value is -2.47. The Morgan fingerprint density at radius 2 is 1.74 bits per heavy atom. The number of benzene rings is 2. The maximum atomic E-state index is 12.8. The first-order chi connectivity index (χ1) is 11.1. The van der Waals surface area contributed by atoms with E-state index in [9.17, 15) is 9.18 Å². The average molecular weight is 327 g/mol. The summed E-state index contributed by atoms with van der Waals surface area (Å²) >= 11 is 1.33. The van der Waals surface area contributed by atoms with Crippen LogP contribution >= 0.6 is 11.8 Å². The molecule has 6 heteroatoms. The summed E-state index contributed by atoms with van der Waals surface area (Å²) < 4.78 is 12.8. The van der Waals surface area contributed by atoms with Gasteiger partial charge in [-0.05, 0) is 43.3 Å². The smallest absolute Gasteiger partial charge is 0.234 e. The fourth-order valence-corrected chi connectivity index (χ4v) is 2.83. The second-order valence-electron chi connectivity index (χ2n) is 4.95. The van der Waals surface area contributed by atoms with Gasteiger partial charge in [-0.25, -0.2) is 14.4 Å². The van der Waals surface area contributed by atoms with E-state index >= 15 is 0 Å². The SMILES string of the molecule is Cc1nc2ccccc2nc1SCC(=O)Nc1ccc(F)cc1. The van der Waals surface area contributed by atoms with E-state index in [0.717, 1.165) is 21.8 Å². The highest BCUT2D eigenvalue weighted by molar-refractivity contribution is 8.00. The molecule has 1 heterocycles. The summed E-state index contributed by atoms with van der Waals surface area (Å²) in [5.41, 5.74) is 3.01. The van der Waals surface area contributed by atoms with Crippen LogP contribution in [0.4, 0.5) is 10.1 Å². The normalized spacial score (nSPS) is 10.7. The molecule has 0 aliphatic carbocycles. The lowest BCUT2D eigenvalue weighted by Gasteiger charge is -2.07. The molecule has 23 heavy (non-hydrogen) atoms. The first-order valence-corrected chi connectivity index (χ1v) is 8.02. The molecule has 0 aliphatic heterocycles. The number of hydrogen-bond donors (Lipinski definition) is 1. The van der Waals surface area contributed by atoms with Crippen LogP contribution in [0.1, 0.15) is 5.69 Å². The number of carbonyl (C=O) groups excluding carboxylic acids is 1. The van der Waals surface area contributed by atoms with Crippen LogP contribution in [0.15, 0.2) is 53.6 Å². The molecule has 1 aromatic heterocycles. The highest BCUT2D eigenvalue weighted by atomic mass is 32.2. The van der Waals surface area contributed by atoms with Gasteiger partial charge in [-0.15, -0.1) is 0 Å². The van der Waals surface area contributed by atoms with E-state index in [1.165, 1.54) is 36.0 Å². The van der Waals surface area contributed by atoms with E-state index in [-0.39, 0.29) is 17.5 Å². The number of anilines is 1. The maximum absolute atomic E-state index is 12.8. The van der Waals surface area contributed by atoms with Crippen LogP contribution in [0.2, 0.25) is 0 Å². The second-order valence-corrected chi connectivity index (χ2v) is 5.91. The fourth-order valence-electron chi connectivity index (χ4n) is 2.07. The van der Waals surface area contributed by atoms with E-state index < -0.39 is 0 Å². The van der Waals surface area contributed by atoms with Gasteiger partial charge in [-0.2, -0.15) is 0 Å². The van der Waals surface area contributed by atoms with Gasteiger partial charge in [0.2, 0.25) is 5.91 Å². The molecule has 0 saturated heterocycles. The Bertz CT molecular complexity index is 852. The number of para-hydroxylation sites is 2. The zero-order valence-electron chi connectivity index (χ0n) is 12.4.